The second-order valence-electron chi connectivity index (χ2n) is 3.30. The van der Waals surface area contributed by atoms with Crippen LogP contribution in [0.3, 0.4) is 0 Å². The molecule has 0 saturated heterocycles. The number of hydrogen-bond donors (Lipinski definition) is 0. The van der Waals surface area contributed by atoms with E-state index in [4.69, 9.17) is 4.74 Å². The molecule has 86 valence electrons. The standard InChI is InChI=1S/C11H11NO3.CH4/c1-15-7-6-12-10(13)8-4-2-3-5-9(8)11(12)14;/h2-5H,6-7H2,1H3;1H4. The SMILES string of the molecule is C.COCCN1C(=O)c2ccccc2C1=O. The van der Waals surface area contributed by atoms with Crippen molar-refractivity contribution < 1.29 is 14.3 Å². The van der Waals surface area contributed by atoms with E-state index >= 15 is 0 Å². The van der Waals surface area contributed by atoms with Gasteiger partial charge in [0.25, 0.3) is 11.8 Å². The number of rotatable bonds is 3. The molecule has 1 aromatic rings. The Morgan fingerprint density at radius 1 is 1.12 bits per heavy atom. The van der Waals surface area contributed by atoms with E-state index < -0.39 is 0 Å². The molecule has 1 aromatic carbocycles. The first-order chi connectivity index (χ1) is 7.25. The van der Waals surface area contributed by atoms with Gasteiger partial charge in [-0.05, 0) is 12.1 Å². The molecule has 1 heterocycles. The van der Waals surface area contributed by atoms with Crippen LogP contribution >= 0.6 is 0 Å². The molecule has 0 N–H and O–H groups in total. The topological polar surface area (TPSA) is 46.6 Å². The Bertz CT molecular complexity index is 379. The van der Waals surface area contributed by atoms with Crippen molar-refractivity contribution in [2.75, 3.05) is 20.3 Å². The number of benzene rings is 1. The van der Waals surface area contributed by atoms with E-state index in [1.165, 1.54) is 12.0 Å². The molecule has 1 aliphatic rings. The first-order valence-electron chi connectivity index (χ1n) is 4.70. The third-order valence-electron chi connectivity index (χ3n) is 2.40. The highest BCUT2D eigenvalue weighted by atomic mass is 16.5. The van der Waals surface area contributed by atoms with Crippen LogP contribution in [0.4, 0.5) is 0 Å². The van der Waals surface area contributed by atoms with E-state index in [1.54, 1.807) is 24.3 Å². The Morgan fingerprint density at radius 2 is 1.62 bits per heavy atom. The van der Waals surface area contributed by atoms with Crippen molar-refractivity contribution in [3.63, 3.8) is 0 Å². The minimum absolute atomic E-state index is 0. The molecular weight excluding hydrogens is 206 g/mol. The van der Waals surface area contributed by atoms with Crippen molar-refractivity contribution in [1.82, 2.24) is 4.90 Å². The number of hydrogen-bond acceptors (Lipinski definition) is 3. The summed E-state index contributed by atoms with van der Waals surface area (Å²) in [5.41, 5.74) is 0.970. The molecule has 2 amide bonds. The third kappa shape index (κ3) is 1.84. The van der Waals surface area contributed by atoms with Gasteiger partial charge in [0.2, 0.25) is 0 Å². The van der Waals surface area contributed by atoms with Crippen molar-refractivity contribution >= 4 is 11.8 Å². The molecule has 0 spiro atoms. The maximum atomic E-state index is 11.8. The number of nitrogens with zero attached hydrogens (tertiary/aromatic N) is 1. The summed E-state index contributed by atoms with van der Waals surface area (Å²) in [5.74, 6) is -0.458. The first kappa shape index (κ1) is 12.4. The van der Waals surface area contributed by atoms with Crippen molar-refractivity contribution in [2.45, 2.75) is 7.43 Å². The van der Waals surface area contributed by atoms with E-state index in [9.17, 15) is 9.59 Å². The third-order valence-corrected chi connectivity index (χ3v) is 2.40. The van der Waals surface area contributed by atoms with Crippen LogP contribution in [0.25, 0.3) is 0 Å². The lowest BCUT2D eigenvalue weighted by Gasteiger charge is -2.12. The van der Waals surface area contributed by atoms with Gasteiger partial charge in [0.05, 0.1) is 24.3 Å². The van der Waals surface area contributed by atoms with Crippen LogP contribution in [0.5, 0.6) is 0 Å². The van der Waals surface area contributed by atoms with Crippen molar-refractivity contribution in [2.24, 2.45) is 0 Å². The minimum atomic E-state index is -0.229. The molecule has 0 fully saturated rings. The van der Waals surface area contributed by atoms with E-state index in [-0.39, 0.29) is 19.2 Å². The number of carbonyl (C=O) groups excluding carboxylic acids is 2. The minimum Gasteiger partial charge on any atom is -0.383 e. The molecule has 0 aliphatic carbocycles. The predicted molar refractivity (Wildman–Crippen MR) is 60.4 cm³/mol. The van der Waals surface area contributed by atoms with Gasteiger partial charge in [-0.15, -0.1) is 0 Å². The van der Waals surface area contributed by atoms with Crippen LogP contribution in [0.1, 0.15) is 28.1 Å². The molecule has 1 aliphatic heterocycles. The average Bonchev–Trinajstić information content (AvgIpc) is 2.51. The monoisotopic (exact) mass is 221 g/mol. The van der Waals surface area contributed by atoms with Crippen molar-refractivity contribution in [3.05, 3.63) is 35.4 Å². The zero-order valence-corrected chi connectivity index (χ0v) is 8.40. The highest BCUT2D eigenvalue weighted by Gasteiger charge is 2.34. The van der Waals surface area contributed by atoms with Crippen LogP contribution in [0.15, 0.2) is 24.3 Å². The maximum absolute atomic E-state index is 11.8. The van der Waals surface area contributed by atoms with Crippen LogP contribution in [-0.4, -0.2) is 37.0 Å². The summed E-state index contributed by atoms with van der Waals surface area (Å²) in [6.45, 7) is 0.675. The van der Waals surface area contributed by atoms with Gasteiger partial charge in [-0.3, -0.25) is 14.5 Å². The number of imide groups is 1. The summed E-state index contributed by atoms with van der Waals surface area (Å²) in [4.78, 5) is 24.7. The summed E-state index contributed by atoms with van der Waals surface area (Å²) in [6, 6.07) is 6.85. The van der Waals surface area contributed by atoms with Crippen LogP contribution in [0.2, 0.25) is 0 Å². The van der Waals surface area contributed by atoms with E-state index in [0.717, 1.165) is 0 Å². The lowest BCUT2D eigenvalue weighted by Crippen LogP contribution is -2.32. The summed E-state index contributed by atoms with van der Waals surface area (Å²) in [7, 11) is 1.54. The molecule has 4 heteroatoms. The summed E-state index contributed by atoms with van der Waals surface area (Å²) >= 11 is 0. The largest absolute Gasteiger partial charge is 0.383 e. The quantitative estimate of drug-likeness (QED) is 0.728. The Morgan fingerprint density at radius 3 is 2.06 bits per heavy atom. The van der Waals surface area contributed by atoms with Gasteiger partial charge in [0, 0.05) is 7.11 Å². The van der Waals surface area contributed by atoms with E-state index in [2.05, 4.69) is 0 Å². The highest BCUT2D eigenvalue weighted by molar-refractivity contribution is 6.21. The van der Waals surface area contributed by atoms with Crippen LogP contribution in [-0.2, 0) is 4.74 Å². The smallest absolute Gasteiger partial charge is 0.261 e. The predicted octanol–water partition coefficient (Wildman–Crippen LogP) is 1.57. The van der Waals surface area contributed by atoms with Crippen molar-refractivity contribution in [3.8, 4) is 0 Å². The summed E-state index contributed by atoms with van der Waals surface area (Å²) in [6.07, 6.45) is 0. The molecule has 16 heavy (non-hydrogen) atoms. The molecule has 2 rings (SSSR count). The molecule has 4 nitrogen and oxygen atoms in total. The van der Waals surface area contributed by atoms with Gasteiger partial charge in [-0.25, -0.2) is 0 Å². The van der Waals surface area contributed by atoms with Gasteiger partial charge >= 0.3 is 0 Å². The lowest BCUT2D eigenvalue weighted by molar-refractivity contribution is 0.0603. The van der Waals surface area contributed by atoms with E-state index in [1.807, 2.05) is 0 Å². The molecule has 0 radical (unpaired) electrons. The van der Waals surface area contributed by atoms with Crippen LogP contribution < -0.4 is 0 Å². The number of amides is 2. The number of methoxy groups -OCH3 is 1. The van der Waals surface area contributed by atoms with Gasteiger partial charge in [-0.2, -0.15) is 0 Å². The molecule has 0 unspecified atom stereocenters. The summed E-state index contributed by atoms with van der Waals surface area (Å²) < 4.78 is 4.85. The fourth-order valence-electron chi connectivity index (χ4n) is 1.62. The van der Waals surface area contributed by atoms with Gasteiger partial charge in [-0.1, -0.05) is 19.6 Å². The Kier molecular flexibility index (Phi) is 3.79. The number of fused-ring (bicyclic) bond motifs is 1. The normalized spacial score (nSPS) is 13.7. The second-order valence-corrected chi connectivity index (χ2v) is 3.30. The molecule has 0 bridgehead atoms. The average molecular weight is 221 g/mol. The fourth-order valence-corrected chi connectivity index (χ4v) is 1.62. The molecule has 0 aromatic heterocycles. The van der Waals surface area contributed by atoms with Gasteiger partial charge in [0.15, 0.2) is 0 Å². The fraction of sp³-hybridized carbons (Fsp3) is 0.333. The number of ether oxygens (including phenoxy) is 1. The Labute approximate surface area is 94.8 Å². The van der Waals surface area contributed by atoms with Gasteiger partial charge in [0.1, 0.15) is 0 Å². The Hall–Kier alpha value is -1.68. The highest BCUT2D eigenvalue weighted by Crippen LogP contribution is 2.21. The first-order valence-corrected chi connectivity index (χ1v) is 4.70. The lowest BCUT2D eigenvalue weighted by atomic mass is 10.1. The zero-order chi connectivity index (χ0) is 10.8. The van der Waals surface area contributed by atoms with Crippen molar-refractivity contribution in [1.29, 1.82) is 0 Å². The zero-order valence-electron chi connectivity index (χ0n) is 8.40. The van der Waals surface area contributed by atoms with Crippen LogP contribution in [0, 0.1) is 0 Å². The number of carbonyl (C=O) groups is 2. The Balaban J connectivity index is 0.00000128. The summed E-state index contributed by atoms with van der Waals surface area (Å²) in [5, 5.41) is 0. The van der Waals surface area contributed by atoms with E-state index in [0.29, 0.717) is 24.3 Å². The second kappa shape index (κ2) is 4.90. The van der Waals surface area contributed by atoms with Gasteiger partial charge < -0.3 is 4.74 Å². The maximum Gasteiger partial charge on any atom is 0.261 e. The molecule has 0 atom stereocenters. The molecular formula is C12H15NO3. The molecule has 0 saturated carbocycles.